The molecule has 2 aliphatic heterocycles. The number of aliphatic imine (C=N–C) groups is 1. The minimum Gasteiger partial charge on any atom is -0.508 e. The number of phenolic OH excluding ortho intramolecular Hbond substituents is 1. The molecule has 4 rings (SSSR count). The highest BCUT2D eigenvalue weighted by molar-refractivity contribution is 6.04. The first-order chi connectivity index (χ1) is 12.1. The first kappa shape index (κ1) is 15.5. The minimum absolute atomic E-state index is 0.0705. The highest BCUT2D eigenvalue weighted by atomic mass is 16.3. The summed E-state index contributed by atoms with van der Waals surface area (Å²) in [6.45, 7) is 1.17. The van der Waals surface area contributed by atoms with E-state index in [1.54, 1.807) is 23.1 Å². The van der Waals surface area contributed by atoms with Crippen molar-refractivity contribution in [2.24, 2.45) is 10.7 Å². The lowest BCUT2D eigenvalue weighted by Crippen LogP contribution is -2.52. The summed E-state index contributed by atoms with van der Waals surface area (Å²) < 4.78 is 0. The maximum absolute atomic E-state index is 12.6. The first-order valence-corrected chi connectivity index (χ1v) is 8.38. The second-order valence-corrected chi connectivity index (χ2v) is 6.54. The fraction of sp³-hybridized carbons (Fsp3) is 0.263. The number of likely N-dealkylation sites (tertiary alicyclic amines) is 1. The molecule has 2 aromatic carbocycles. The topological polar surface area (TPSA) is 91.0 Å². The summed E-state index contributed by atoms with van der Waals surface area (Å²) in [5, 5.41) is 13.1. The number of phenols is 1. The number of amidine groups is 1. The Labute approximate surface area is 146 Å². The fourth-order valence-electron chi connectivity index (χ4n) is 3.52. The summed E-state index contributed by atoms with van der Waals surface area (Å²) in [5.41, 5.74) is 8.12. The lowest BCUT2D eigenvalue weighted by molar-refractivity contribution is 0.0685. The van der Waals surface area contributed by atoms with E-state index >= 15 is 0 Å². The van der Waals surface area contributed by atoms with E-state index in [9.17, 15) is 9.90 Å². The number of carbonyl (C=O) groups is 1. The number of nitrogens with zero attached hydrogens (tertiary/aromatic N) is 2. The van der Waals surface area contributed by atoms with Gasteiger partial charge in [0.15, 0.2) is 0 Å². The second kappa shape index (κ2) is 5.81. The van der Waals surface area contributed by atoms with Crippen LogP contribution < -0.4 is 11.1 Å². The van der Waals surface area contributed by atoms with E-state index < -0.39 is 5.66 Å². The molecule has 1 spiro atoms. The summed E-state index contributed by atoms with van der Waals surface area (Å²) in [6.07, 6.45) is 1.37. The third-order valence-corrected chi connectivity index (χ3v) is 4.88. The summed E-state index contributed by atoms with van der Waals surface area (Å²) in [4.78, 5) is 19.1. The molecule has 0 atom stereocenters. The lowest BCUT2D eigenvalue weighted by atomic mass is 9.93. The second-order valence-electron chi connectivity index (χ2n) is 6.54. The Hall–Kier alpha value is -3.02. The van der Waals surface area contributed by atoms with Crippen molar-refractivity contribution < 1.29 is 9.90 Å². The number of piperidine rings is 1. The number of para-hydroxylation sites is 1. The van der Waals surface area contributed by atoms with Crippen molar-refractivity contribution in [2.75, 3.05) is 18.4 Å². The number of aromatic hydroxyl groups is 1. The number of carbonyl (C=O) groups excluding carboxylic acids is 1. The molecule has 0 aromatic heterocycles. The average Bonchev–Trinajstić information content (AvgIpc) is 2.62. The van der Waals surface area contributed by atoms with Gasteiger partial charge in [-0.15, -0.1) is 0 Å². The number of amides is 1. The van der Waals surface area contributed by atoms with Crippen LogP contribution in [-0.2, 0) is 0 Å². The lowest BCUT2D eigenvalue weighted by Gasteiger charge is -2.42. The summed E-state index contributed by atoms with van der Waals surface area (Å²) in [6, 6.07) is 14.3. The Morgan fingerprint density at radius 2 is 1.92 bits per heavy atom. The molecule has 0 radical (unpaired) electrons. The molecular weight excluding hydrogens is 316 g/mol. The van der Waals surface area contributed by atoms with Crippen LogP contribution in [0.15, 0.2) is 53.5 Å². The van der Waals surface area contributed by atoms with Crippen LogP contribution in [0.2, 0.25) is 0 Å². The van der Waals surface area contributed by atoms with Crippen LogP contribution in [0.1, 0.15) is 28.8 Å². The number of hydrogen-bond donors (Lipinski definition) is 3. The van der Waals surface area contributed by atoms with E-state index in [2.05, 4.69) is 5.32 Å². The van der Waals surface area contributed by atoms with Crippen molar-refractivity contribution in [2.45, 2.75) is 18.5 Å². The predicted octanol–water partition coefficient (Wildman–Crippen LogP) is 2.16. The Morgan fingerprint density at radius 1 is 1.16 bits per heavy atom. The smallest absolute Gasteiger partial charge is 0.253 e. The van der Waals surface area contributed by atoms with Gasteiger partial charge in [0, 0.05) is 42.7 Å². The number of rotatable bonds is 1. The zero-order valence-corrected chi connectivity index (χ0v) is 13.8. The highest BCUT2D eigenvalue weighted by Crippen LogP contribution is 2.34. The molecule has 2 heterocycles. The molecule has 2 aromatic rings. The molecule has 128 valence electrons. The van der Waals surface area contributed by atoms with Crippen LogP contribution in [0.5, 0.6) is 5.75 Å². The van der Waals surface area contributed by atoms with Gasteiger partial charge in [0.1, 0.15) is 17.2 Å². The molecule has 2 aliphatic rings. The van der Waals surface area contributed by atoms with E-state index in [4.69, 9.17) is 10.7 Å². The summed E-state index contributed by atoms with van der Waals surface area (Å²) >= 11 is 0. The number of anilines is 1. The predicted molar refractivity (Wildman–Crippen MR) is 96.8 cm³/mol. The van der Waals surface area contributed by atoms with Crippen molar-refractivity contribution in [1.29, 1.82) is 0 Å². The van der Waals surface area contributed by atoms with Gasteiger partial charge in [-0.25, -0.2) is 4.99 Å². The standard InChI is InChI=1S/C19H20N4O2/c20-17-15-6-1-2-7-16(15)21-19(22-17)8-10-23(11-9-19)18(25)13-4-3-5-14(24)12-13/h1-7,12,21,24H,8-11H2,(H2,20,22). The first-order valence-electron chi connectivity index (χ1n) is 8.38. The molecule has 0 bridgehead atoms. The third-order valence-electron chi connectivity index (χ3n) is 4.88. The number of nitrogens with one attached hydrogen (secondary N) is 1. The molecule has 1 amide bonds. The maximum atomic E-state index is 12.6. The molecule has 25 heavy (non-hydrogen) atoms. The van der Waals surface area contributed by atoms with Crippen LogP contribution in [0.25, 0.3) is 0 Å². The van der Waals surface area contributed by atoms with E-state index in [1.807, 2.05) is 24.3 Å². The van der Waals surface area contributed by atoms with Gasteiger partial charge in [-0.1, -0.05) is 18.2 Å². The molecular formula is C19H20N4O2. The normalized spacial score (nSPS) is 18.2. The summed E-state index contributed by atoms with van der Waals surface area (Å²) in [5.74, 6) is 0.572. The van der Waals surface area contributed by atoms with Gasteiger partial charge in [-0.3, -0.25) is 4.79 Å². The van der Waals surface area contributed by atoms with Crippen LogP contribution >= 0.6 is 0 Å². The monoisotopic (exact) mass is 336 g/mol. The molecule has 0 aliphatic carbocycles. The van der Waals surface area contributed by atoms with Crippen molar-refractivity contribution >= 4 is 17.4 Å². The van der Waals surface area contributed by atoms with Gasteiger partial charge < -0.3 is 21.1 Å². The van der Waals surface area contributed by atoms with Crippen molar-refractivity contribution in [1.82, 2.24) is 4.90 Å². The number of nitrogens with two attached hydrogens (primary N) is 1. The van der Waals surface area contributed by atoms with Gasteiger partial charge in [0.05, 0.1) is 0 Å². The van der Waals surface area contributed by atoms with Crippen LogP contribution in [0, 0.1) is 0 Å². The van der Waals surface area contributed by atoms with Crippen molar-refractivity contribution in [3.63, 3.8) is 0 Å². The molecule has 0 unspecified atom stereocenters. The Balaban J connectivity index is 1.51. The zero-order valence-electron chi connectivity index (χ0n) is 13.8. The van der Waals surface area contributed by atoms with Gasteiger partial charge >= 0.3 is 0 Å². The molecule has 4 N–H and O–H groups in total. The Kier molecular flexibility index (Phi) is 3.60. The Morgan fingerprint density at radius 3 is 2.68 bits per heavy atom. The largest absolute Gasteiger partial charge is 0.508 e. The number of hydrogen-bond acceptors (Lipinski definition) is 5. The van der Waals surface area contributed by atoms with E-state index in [1.165, 1.54) is 6.07 Å². The van der Waals surface area contributed by atoms with Gasteiger partial charge in [0.25, 0.3) is 5.91 Å². The highest BCUT2D eigenvalue weighted by Gasteiger charge is 2.38. The maximum Gasteiger partial charge on any atom is 0.253 e. The van der Waals surface area contributed by atoms with Crippen molar-refractivity contribution in [3.05, 3.63) is 59.7 Å². The van der Waals surface area contributed by atoms with Gasteiger partial charge in [-0.05, 0) is 30.3 Å². The number of benzene rings is 2. The van der Waals surface area contributed by atoms with Crippen LogP contribution in [0.3, 0.4) is 0 Å². The van der Waals surface area contributed by atoms with E-state index in [0.29, 0.717) is 37.3 Å². The fourth-order valence-corrected chi connectivity index (χ4v) is 3.52. The molecule has 0 saturated carbocycles. The van der Waals surface area contributed by atoms with E-state index in [0.717, 1.165) is 11.3 Å². The third kappa shape index (κ3) is 2.80. The van der Waals surface area contributed by atoms with Crippen LogP contribution in [-0.4, -0.2) is 40.5 Å². The molecule has 6 nitrogen and oxygen atoms in total. The number of fused-ring (bicyclic) bond motifs is 1. The van der Waals surface area contributed by atoms with E-state index in [-0.39, 0.29) is 11.7 Å². The van der Waals surface area contributed by atoms with Gasteiger partial charge in [0.2, 0.25) is 0 Å². The molecule has 1 saturated heterocycles. The zero-order chi connectivity index (χ0) is 17.4. The van der Waals surface area contributed by atoms with Crippen LogP contribution in [0.4, 0.5) is 5.69 Å². The van der Waals surface area contributed by atoms with Crippen molar-refractivity contribution in [3.8, 4) is 5.75 Å². The quantitative estimate of drug-likeness (QED) is 0.744. The summed E-state index contributed by atoms with van der Waals surface area (Å²) in [7, 11) is 0. The molecule has 6 heteroatoms. The Bertz CT molecular complexity index is 854. The SMILES string of the molecule is NC1=NC2(CCN(C(=O)c3cccc(O)c3)CC2)Nc2ccccc21. The minimum atomic E-state index is -0.450. The average molecular weight is 336 g/mol. The van der Waals surface area contributed by atoms with Gasteiger partial charge in [-0.2, -0.15) is 0 Å². The molecule has 1 fully saturated rings.